The molecule has 3 saturated carbocycles. The molecule has 3 fully saturated rings. The van der Waals surface area contributed by atoms with Gasteiger partial charge in [0.25, 0.3) is 0 Å². The van der Waals surface area contributed by atoms with Gasteiger partial charge in [-0.05, 0) is 48.5 Å². The fourth-order valence-electron chi connectivity index (χ4n) is 8.53. The van der Waals surface area contributed by atoms with Crippen LogP contribution in [-0.4, -0.2) is 28.8 Å². The molecule has 0 aromatic carbocycles. The molecule has 0 amide bonds. The number of hydrogen-bond donors (Lipinski definition) is 0. The van der Waals surface area contributed by atoms with E-state index in [1.165, 1.54) is 19.6 Å². The topological polar surface area (TPSA) is 95.7 Å². The van der Waals surface area contributed by atoms with Crippen LogP contribution in [0.4, 0.5) is 0 Å². The van der Waals surface area contributed by atoms with E-state index in [1.54, 1.807) is 6.08 Å². The number of fused-ring (bicyclic) bond motifs is 5. The summed E-state index contributed by atoms with van der Waals surface area (Å²) in [5.74, 6) is -0.218. The molecule has 1 aromatic heterocycles. The number of carbonyl (C=O) groups excluding carboxylic acids is 3. The summed E-state index contributed by atoms with van der Waals surface area (Å²) >= 11 is 0. The maximum Gasteiger partial charge on any atom is 0.331 e. The molecular weight excluding hydrogens is 434 g/mol. The summed E-state index contributed by atoms with van der Waals surface area (Å²) in [5.41, 5.74) is -0.107. The van der Waals surface area contributed by atoms with Gasteiger partial charge < -0.3 is 13.9 Å². The van der Waals surface area contributed by atoms with Gasteiger partial charge in [-0.1, -0.05) is 34.6 Å². The van der Waals surface area contributed by atoms with Crippen LogP contribution in [0.5, 0.6) is 0 Å². The number of ether oxygens (including phenoxy) is 2. The van der Waals surface area contributed by atoms with Crippen LogP contribution in [-0.2, 0) is 23.9 Å². The predicted molar refractivity (Wildman–Crippen MR) is 122 cm³/mol. The first-order valence-corrected chi connectivity index (χ1v) is 12.4. The molecule has 0 spiro atoms. The summed E-state index contributed by atoms with van der Waals surface area (Å²) in [6.45, 7) is 12.1. The molecule has 3 aliphatic carbocycles. The number of esters is 2. The van der Waals surface area contributed by atoms with E-state index in [9.17, 15) is 14.4 Å². The minimum absolute atomic E-state index is 0.0931. The molecular formula is C27H35NO6. The van der Waals surface area contributed by atoms with Crippen molar-refractivity contribution in [3.05, 3.63) is 30.0 Å². The average Bonchev–Trinajstić information content (AvgIpc) is 3.28. The van der Waals surface area contributed by atoms with Crippen molar-refractivity contribution < 1.29 is 28.3 Å². The maximum absolute atomic E-state index is 13.0. The number of oxazole rings is 1. The standard InChI is InChI=1S/C27H35NO6/c1-15(29)33-21-11-18-24(2,3)20(30)8-10-25(18,4)17-7-9-26(5)19(27(17,21)6)12-22(31)34-23(26)16-13-32-14-28-16/h12-14,17-18,21,23H,7-11H2,1-6H3/t17?,18?,21-,23+,25?,26-,27?/m1/s1. The number of carbonyl (C=O) groups is 3. The number of Topliss-reactive ketones (excluding diaryl/α,β-unsaturated/α-hetero) is 1. The van der Waals surface area contributed by atoms with E-state index >= 15 is 0 Å². The number of hydrogen-bond acceptors (Lipinski definition) is 7. The number of nitrogens with zero attached hydrogens (tertiary/aromatic N) is 1. The zero-order chi connectivity index (χ0) is 24.7. The van der Waals surface area contributed by atoms with Crippen LogP contribution >= 0.6 is 0 Å². The van der Waals surface area contributed by atoms with Crippen molar-refractivity contribution in [2.45, 2.75) is 85.9 Å². The minimum atomic E-state index is -0.568. The van der Waals surface area contributed by atoms with Crippen molar-refractivity contribution in [3.63, 3.8) is 0 Å². The van der Waals surface area contributed by atoms with Gasteiger partial charge in [0.05, 0.1) is 0 Å². The third kappa shape index (κ3) is 2.94. The smallest absolute Gasteiger partial charge is 0.331 e. The predicted octanol–water partition coefficient (Wildman–Crippen LogP) is 4.97. The van der Waals surface area contributed by atoms with Crippen molar-refractivity contribution in [1.29, 1.82) is 0 Å². The van der Waals surface area contributed by atoms with Crippen LogP contribution in [0.3, 0.4) is 0 Å². The second kappa shape index (κ2) is 7.28. The Morgan fingerprint density at radius 1 is 1.12 bits per heavy atom. The molecule has 184 valence electrons. The van der Waals surface area contributed by atoms with Crippen molar-refractivity contribution in [2.75, 3.05) is 0 Å². The van der Waals surface area contributed by atoms with Gasteiger partial charge in [-0.15, -0.1) is 0 Å². The van der Waals surface area contributed by atoms with Gasteiger partial charge in [-0.25, -0.2) is 9.78 Å². The van der Waals surface area contributed by atoms with Crippen LogP contribution in [0.1, 0.15) is 85.4 Å². The van der Waals surface area contributed by atoms with E-state index in [2.05, 4.69) is 39.6 Å². The lowest BCUT2D eigenvalue weighted by Gasteiger charge is -2.68. The van der Waals surface area contributed by atoms with Crippen molar-refractivity contribution in [2.24, 2.45) is 33.5 Å². The number of ketones is 1. The Kier molecular flexibility index (Phi) is 4.99. The molecule has 4 unspecified atom stereocenters. The lowest BCUT2D eigenvalue weighted by molar-refractivity contribution is -0.210. The molecule has 0 radical (unpaired) electrons. The number of aromatic nitrogens is 1. The molecule has 0 N–H and O–H groups in total. The average molecular weight is 470 g/mol. The second-order valence-electron chi connectivity index (χ2n) is 12.1. The molecule has 7 nitrogen and oxygen atoms in total. The first kappa shape index (κ1) is 23.3. The third-order valence-electron chi connectivity index (χ3n) is 10.2. The van der Waals surface area contributed by atoms with E-state index in [4.69, 9.17) is 13.9 Å². The Bertz CT molecular complexity index is 1070. The van der Waals surface area contributed by atoms with E-state index in [0.29, 0.717) is 18.5 Å². The Morgan fingerprint density at radius 2 is 1.85 bits per heavy atom. The summed E-state index contributed by atoms with van der Waals surface area (Å²) in [7, 11) is 0. The van der Waals surface area contributed by atoms with Gasteiger partial charge in [0.1, 0.15) is 23.8 Å². The van der Waals surface area contributed by atoms with Crippen molar-refractivity contribution in [3.8, 4) is 0 Å². The van der Waals surface area contributed by atoms with Gasteiger partial charge >= 0.3 is 11.9 Å². The van der Waals surface area contributed by atoms with Crippen LogP contribution in [0.15, 0.2) is 28.7 Å². The minimum Gasteiger partial charge on any atom is -0.462 e. The highest BCUT2D eigenvalue weighted by atomic mass is 16.6. The van der Waals surface area contributed by atoms with E-state index in [1.807, 2.05) is 0 Å². The summed E-state index contributed by atoms with van der Waals surface area (Å²) in [6, 6.07) is 0. The van der Waals surface area contributed by atoms with Gasteiger partial charge in [0.15, 0.2) is 12.5 Å². The molecule has 2 heterocycles. The van der Waals surface area contributed by atoms with E-state index in [0.717, 1.165) is 24.8 Å². The zero-order valence-corrected chi connectivity index (χ0v) is 21.0. The second-order valence-corrected chi connectivity index (χ2v) is 12.1. The first-order valence-electron chi connectivity index (χ1n) is 12.4. The van der Waals surface area contributed by atoms with Gasteiger partial charge in [-0.3, -0.25) is 9.59 Å². The van der Waals surface area contributed by atoms with Gasteiger partial charge in [0.2, 0.25) is 0 Å². The molecule has 1 aliphatic heterocycles. The lowest BCUT2D eigenvalue weighted by Crippen LogP contribution is -2.66. The molecule has 4 aliphatic rings. The highest BCUT2D eigenvalue weighted by molar-refractivity contribution is 5.86. The SMILES string of the molecule is CC(=O)O[C@@H]1CC2C(C)(C)C(=O)CCC2(C)C2CC[C@]3(C)C(=CC(=O)O[C@H]3c3cocn3)C21C. The summed E-state index contributed by atoms with van der Waals surface area (Å²) in [4.78, 5) is 42.5. The largest absolute Gasteiger partial charge is 0.462 e. The zero-order valence-electron chi connectivity index (χ0n) is 21.0. The Labute approximate surface area is 200 Å². The van der Waals surface area contributed by atoms with Crippen LogP contribution < -0.4 is 0 Å². The monoisotopic (exact) mass is 469 g/mol. The highest BCUT2D eigenvalue weighted by Crippen LogP contribution is 2.72. The number of rotatable bonds is 2. The molecule has 7 heteroatoms. The van der Waals surface area contributed by atoms with Crippen molar-refractivity contribution in [1.82, 2.24) is 4.98 Å². The molecule has 5 rings (SSSR count). The Balaban J connectivity index is 1.68. The molecule has 7 atom stereocenters. The fourth-order valence-corrected chi connectivity index (χ4v) is 8.53. The third-order valence-corrected chi connectivity index (χ3v) is 10.2. The molecule has 1 aromatic rings. The van der Waals surface area contributed by atoms with Crippen LogP contribution in [0, 0.1) is 33.5 Å². The van der Waals surface area contributed by atoms with Crippen LogP contribution in [0.25, 0.3) is 0 Å². The molecule has 0 bridgehead atoms. The fraction of sp³-hybridized carbons (Fsp3) is 0.704. The normalized spacial score (nSPS) is 43.1. The quantitative estimate of drug-likeness (QED) is 0.564. The highest BCUT2D eigenvalue weighted by Gasteiger charge is 2.69. The van der Waals surface area contributed by atoms with Gasteiger partial charge in [0, 0.05) is 35.7 Å². The first-order chi connectivity index (χ1) is 15.8. The van der Waals surface area contributed by atoms with Crippen LogP contribution in [0.2, 0.25) is 0 Å². The molecule has 0 saturated heterocycles. The summed E-state index contributed by atoms with van der Waals surface area (Å²) < 4.78 is 17.1. The molecule has 34 heavy (non-hydrogen) atoms. The Morgan fingerprint density at radius 3 is 2.50 bits per heavy atom. The van der Waals surface area contributed by atoms with Crippen molar-refractivity contribution >= 4 is 17.7 Å². The summed E-state index contributed by atoms with van der Waals surface area (Å²) in [6.07, 6.45) is 7.18. The lowest BCUT2D eigenvalue weighted by atomic mass is 9.37. The van der Waals surface area contributed by atoms with Gasteiger partial charge in [-0.2, -0.15) is 0 Å². The van der Waals surface area contributed by atoms with E-state index < -0.39 is 34.4 Å². The van der Waals surface area contributed by atoms with E-state index in [-0.39, 0.29) is 29.0 Å². The maximum atomic E-state index is 13.0. The summed E-state index contributed by atoms with van der Waals surface area (Å²) in [5, 5.41) is 0. The Hall–Kier alpha value is -2.44. The number of cyclic esters (lactones) is 1.